The molecule has 0 unspecified atom stereocenters. The molecule has 1 aliphatic rings. The number of benzene rings is 3. The van der Waals surface area contributed by atoms with Gasteiger partial charge in [0, 0.05) is 41.6 Å². The van der Waals surface area contributed by atoms with Crippen LogP contribution in [0, 0.1) is 13.8 Å². The summed E-state index contributed by atoms with van der Waals surface area (Å²) >= 11 is 5.90. The second-order valence-electron chi connectivity index (χ2n) is 10.8. The summed E-state index contributed by atoms with van der Waals surface area (Å²) in [4.78, 5) is 20.0. The molecular weight excluding hydrogens is 538 g/mol. The third kappa shape index (κ3) is 5.16. The molecule has 1 fully saturated rings. The lowest BCUT2D eigenvalue weighted by molar-refractivity contribution is -0.116. The Morgan fingerprint density at radius 2 is 1.74 bits per heavy atom. The van der Waals surface area contributed by atoms with Crippen LogP contribution in [0.5, 0.6) is 0 Å². The zero-order valence-corrected chi connectivity index (χ0v) is 25.0. The fourth-order valence-electron chi connectivity index (χ4n) is 6.23. The van der Waals surface area contributed by atoms with Crippen LogP contribution in [-0.4, -0.2) is 32.0 Å². The monoisotopic (exact) mass is 573 g/mol. The molecule has 0 saturated carbocycles. The number of aryl methyl sites for hydroxylation is 2. The maximum Gasteiger partial charge on any atom is 0.226 e. The molecule has 42 heavy (non-hydrogen) atoms. The molecule has 5 aromatic rings. The summed E-state index contributed by atoms with van der Waals surface area (Å²) < 4.78 is 2.33. The quantitative estimate of drug-likeness (QED) is 0.192. The van der Waals surface area contributed by atoms with Gasteiger partial charge in [-0.25, -0.2) is 0 Å². The van der Waals surface area contributed by atoms with Gasteiger partial charge < -0.3 is 20.1 Å². The number of hydrogen-bond donors (Lipinski definition) is 2. The van der Waals surface area contributed by atoms with Gasteiger partial charge in [0.05, 0.1) is 23.5 Å². The van der Waals surface area contributed by atoms with Crippen molar-refractivity contribution >= 4 is 39.7 Å². The van der Waals surface area contributed by atoms with Crippen LogP contribution in [0.4, 0.5) is 5.69 Å². The first-order valence-corrected chi connectivity index (χ1v) is 14.9. The second-order valence-corrected chi connectivity index (χ2v) is 11.2. The summed E-state index contributed by atoms with van der Waals surface area (Å²) in [6.07, 6.45) is 2.99. The summed E-state index contributed by atoms with van der Waals surface area (Å²) in [5, 5.41) is 9.70. The van der Waals surface area contributed by atoms with E-state index in [0.717, 1.165) is 40.4 Å². The molecule has 0 aliphatic carbocycles. The molecule has 1 saturated heterocycles. The average molecular weight is 574 g/mol. The molecule has 6 nitrogen and oxygen atoms in total. The highest BCUT2D eigenvalue weighted by atomic mass is 32.1. The van der Waals surface area contributed by atoms with Crippen molar-refractivity contribution < 1.29 is 4.79 Å². The second kappa shape index (κ2) is 11.8. The van der Waals surface area contributed by atoms with Gasteiger partial charge in [-0.3, -0.25) is 9.78 Å². The summed E-state index contributed by atoms with van der Waals surface area (Å²) in [7, 11) is 0. The molecule has 1 aliphatic heterocycles. The Labute approximate surface area is 252 Å². The Morgan fingerprint density at radius 1 is 0.976 bits per heavy atom. The molecule has 212 valence electrons. The number of para-hydroxylation sites is 1. The first kappa shape index (κ1) is 27.7. The van der Waals surface area contributed by atoms with E-state index < -0.39 is 0 Å². The molecule has 0 bridgehead atoms. The number of nitrogens with one attached hydrogen (secondary N) is 2. The highest BCUT2D eigenvalue weighted by molar-refractivity contribution is 7.80. The number of amides is 1. The van der Waals surface area contributed by atoms with Gasteiger partial charge in [0.15, 0.2) is 5.11 Å². The largest absolute Gasteiger partial charge is 0.352 e. The van der Waals surface area contributed by atoms with Crippen molar-refractivity contribution in [2.75, 3.05) is 11.9 Å². The topological polar surface area (TPSA) is 62.2 Å². The molecule has 7 heteroatoms. The van der Waals surface area contributed by atoms with Crippen molar-refractivity contribution in [2.24, 2.45) is 0 Å². The van der Waals surface area contributed by atoms with Crippen LogP contribution in [0.15, 0.2) is 97.2 Å². The number of aromatic nitrogens is 2. The number of anilines is 1. The molecule has 2 N–H and O–H groups in total. The normalized spacial score (nSPS) is 16.5. The fraction of sp³-hybridized carbons (Fsp3) is 0.229. The van der Waals surface area contributed by atoms with Gasteiger partial charge >= 0.3 is 0 Å². The predicted molar refractivity (Wildman–Crippen MR) is 174 cm³/mol. The highest BCUT2D eigenvalue weighted by Gasteiger charge is 2.41. The molecule has 2 aromatic heterocycles. The van der Waals surface area contributed by atoms with E-state index in [2.05, 4.69) is 89.4 Å². The van der Waals surface area contributed by atoms with Crippen LogP contribution in [-0.2, 0) is 11.2 Å². The first-order chi connectivity index (χ1) is 20.5. The van der Waals surface area contributed by atoms with Crippen molar-refractivity contribution in [3.63, 3.8) is 0 Å². The minimum Gasteiger partial charge on any atom is -0.352 e. The molecule has 3 heterocycles. The van der Waals surface area contributed by atoms with Gasteiger partial charge in [-0.15, -0.1) is 0 Å². The van der Waals surface area contributed by atoms with E-state index in [1.807, 2.05) is 48.7 Å². The Kier molecular flexibility index (Phi) is 7.76. The highest BCUT2D eigenvalue weighted by Crippen LogP contribution is 2.42. The van der Waals surface area contributed by atoms with Crippen LogP contribution in [0.3, 0.4) is 0 Å². The van der Waals surface area contributed by atoms with E-state index in [1.165, 1.54) is 16.3 Å². The molecule has 0 spiro atoms. The molecule has 1 amide bonds. The molecule has 2 atom stereocenters. The lowest BCUT2D eigenvalue weighted by Gasteiger charge is -2.28. The van der Waals surface area contributed by atoms with Crippen LogP contribution < -0.4 is 10.6 Å². The summed E-state index contributed by atoms with van der Waals surface area (Å²) in [6.45, 7) is 6.90. The number of thiocarbonyl (C=S) groups is 1. The first-order valence-electron chi connectivity index (χ1n) is 14.5. The van der Waals surface area contributed by atoms with E-state index in [1.54, 1.807) is 0 Å². The Morgan fingerprint density at radius 3 is 2.55 bits per heavy atom. The van der Waals surface area contributed by atoms with Crippen molar-refractivity contribution in [3.05, 3.63) is 125 Å². The predicted octanol–water partition coefficient (Wildman–Crippen LogP) is 7.21. The van der Waals surface area contributed by atoms with Gasteiger partial charge in [-0.05, 0) is 79.3 Å². The summed E-state index contributed by atoms with van der Waals surface area (Å²) in [5.41, 5.74) is 7.52. The molecule has 0 radical (unpaired) electrons. The van der Waals surface area contributed by atoms with Gasteiger partial charge in [-0.1, -0.05) is 67.6 Å². The Balaban J connectivity index is 1.36. The number of carbonyl (C=O) groups is 1. The smallest absolute Gasteiger partial charge is 0.226 e. The SMILES string of the molecule is CCc1ccccc1NC(=O)CCN1C(=S)N[C@H](c2ccccn2)[C@@H]1c1cc(C)n(-c2cccc3ccccc23)c1C. The third-order valence-electron chi connectivity index (χ3n) is 8.25. The van der Waals surface area contributed by atoms with Gasteiger partial charge in [0.1, 0.15) is 0 Å². The number of fused-ring (bicyclic) bond motifs is 1. The van der Waals surface area contributed by atoms with Gasteiger partial charge in [-0.2, -0.15) is 0 Å². The molecule has 3 aromatic carbocycles. The Bertz CT molecular complexity index is 1760. The zero-order chi connectivity index (χ0) is 29.2. The number of hydrogen-bond acceptors (Lipinski definition) is 3. The van der Waals surface area contributed by atoms with E-state index >= 15 is 0 Å². The maximum atomic E-state index is 13.2. The molecule has 6 rings (SSSR count). The van der Waals surface area contributed by atoms with Crippen LogP contribution in [0.25, 0.3) is 16.5 Å². The standard InChI is InChI=1S/C35H35N5OS/c1-4-25-12-6-8-16-29(25)37-32(41)19-21-39-34(33(38-35(39)42)30-17-9-10-20-36-30)28-22-23(2)40(24(28)3)31-18-11-14-26-13-5-7-15-27(26)31/h5-18,20,22,33-34H,4,19,21H2,1-3H3,(H,37,41)(H,38,42)/t33-,34+/m1/s1. The van der Waals surface area contributed by atoms with Crippen LogP contribution in [0.2, 0.25) is 0 Å². The maximum absolute atomic E-state index is 13.2. The van der Waals surface area contributed by atoms with E-state index in [4.69, 9.17) is 17.2 Å². The molecular formula is C35H35N5OS. The van der Waals surface area contributed by atoms with Gasteiger partial charge in [0.2, 0.25) is 5.91 Å². The summed E-state index contributed by atoms with van der Waals surface area (Å²) in [5.74, 6) is -0.0278. The summed E-state index contributed by atoms with van der Waals surface area (Å²) in [6, 6.07) is 30.8. The average Bonchev–Trinajstić information content (AvgIpc) is 3.50. The Hall–Kier alpha value is -4.49. The lowest BCUT2D eigenvalue weighted by Crippen LogP contribution is -2.33. The minimum absolute atomic E-state index is 0.0278. The van der Waals surface area contributed by atoms with Crippen molar-refractivity contribution in [2.45, 2.75) is 45.7 Å². The van der Waals surface area contributed by atoms with Crippen LogP contribution in [0.1, 0.15) is 53.6 Å². The van der Waals surface area contributed by atoms with Gasteiger partial charge in [0.25, 0.3) is 0 Å². The lowest BCUT2D eigenvalue weighted by atomic mass is 9.96. The van der Waals surface area contributed by atoms with E-state index in [9.17, 15) is 4.79 Å². The zero-order valence-electron chi connectivity index (χ0n) is 24.2. The number of nitrogens with zero attached hydrogens (tertiary/aromatic N) is 3. The number of carbonyl (C=O) groups excluding carboxylic acids is 1. The van der Waals surface area contributed by atoms with Crippen molar-refractivity contribution in [1.82, 2.24) is 19.8 Å². The third-order valence-corrected chi connectivity index (χ3v) is 8.60. The van der Waals surface area contributed by atoms with E-state index in [-0.39, 0.29) is 18.0 Å². The van der Waals surface area contributed by atoms with Crippen LogP contribution >= 0.6 is 12.2 Å². The number of pyridine rings is 1. The minimum atomic E-state index is -0.149. The van der Waals surface area contributed by atoms with Crippen molar-refractivity contribution in [3.8, 4) is 5.69 Å². The van der Waals surface area contributed by atoms with Crippen molar-refractivity contribution in [1.29, 1.82) is 0 Å². The fourth-order valence-corrected chi connectivity index (χ4v) is 6.56. The van der Waals surface area contributed by atoms with E-state index in [0.29, 0.717) is 18.1 Å². The number of rotatable bonds is 8.